The number of nitrogens with zero attached hydrogens (tertiary/aromatic N) is 3. The Bertz CT molecular complexity index is 1690. The second kappa shape index (κ2) is 13.4. The number of pyridine rings is 1. The fourth-order valence-electron chi connectivity index (χ4n) is 4.79. The summed E-state index contributed by atoms with van der Waals surface area (Å²) in [5.74, 6) is 0.794. The molecule has 8 heteroatoms. The van der Waals surface area contributed by atoms with Crippen molar-refractivity contribution in [2.45, 2.75) is 16.3 Å². The molecule has 1 aliphatic rings. The van der Waals surface area contributed by atoms with Crippen LogP contribution in [0.4, 0.5) is 5.69 Å². The average Bonchev–Trinajstić information content (AvgIpc) is 3.03. The fourth-order valence-corrected chi connectivity index (χ4v) is 5.84. The molecule has 0 saturated carbocycles. The number of anilines is 1. The number of hydrazone groups is 1. The van der Waals surface area contributed by atoms with Gasteiger partial charge in [0, 0.05) is 44.6 Å². The summed E-state index contributed by atoms with van der Waals surface area (Å²) < 4.78 is 16.4. The zero-order valence-electron chi connectivity index (χ0n) is 23.2. The van der Waals surface area contributed by atoms with E-state index in [1.54, 1.807) is 18.9 Å². The Hall–Kier alpha value is -3.88. The first kappa shape index (κ1) is 28.2. The maximum Gasteiger partial charge on any atom is 0.120 e. The maximum atomic E-state index is 6.16. The van der Waals surface area contributed by atoms with Crippen LogP contribution in [0.25, 0.3) is 10.9 Å². The molecule has 1 aromatic heterocycles. The lowest BCUT2D eigenvalue weighted by Crippen LogP contribution is -2.26. The second-order valence-electron chi connectivity index (χ2n) is 9.71. The Morgan fingerprint density at radius 2 is 1.67 bits per heavy atom. The van der Waals surface area contributed by atoms with Crippen molar-refractivity contribution >= 4 is 45.7 Å². The van der Waals surface area contributed by atoms with E-state index in [9.17, 15) is 0 Å². The number of aromatic nitrogens is 1. The Morgan fingerprint density at radius 3 is 2.50 bits per heavy atom. The number of ether oxygens (including phenoxy) is 3. The van der Waals surface area contributed by atoms with Gasteiger partial charge in [0.2, 0.25) is 0 Å². The molecule has 0 bridgehead atoms. The third kappa shape index (κ3) is 6.61. The Labute approximate surface area is 254 Å². The molecule has 0 unspecified atom stereocenters. The molecule has 6 rings (SSSR count). The molecule has 42 heavy (non-hydrogen) atoms. The smallest absolute Gasteiger partial charge is 0.120 e. The van der Waals surface area contributed by atoms with Crippen LogP contribution in [-0.2, 0) is 16.0 Å². The van der Waals surface area contributed by atoms with E-state index < -0.39 is 0 Å². The lowest BCUT2D eigenvalue weighted by molar-refractivity contribution is 0.0544. The van der Waals surface area contributed by atoms with Gasteiger partial charge in [0.1, 0.15) is 12.4 Å². The van der Waals surface area contributed by atoms with Crippen molar-refractivity contribution in [2.24, 2.45) is 5.10 Å². The van der Waals surface area contributed by atoms with Crippen LogP contribution >= 0.6 is 23.4 Å². The number of halogens is 1. The molecule has 212 valence electrons. The van der Waals surface area contributed by atoms with E-state index in [1.807, 2.05) is 54.7 Å². The van der Waals surface area contributed by atoms with Crippen LogP contribution < -0.4 is 9.75 Å². The molecule has 5 aromatic rings. The van der Waals surface area contributed by atoms with E-state index in [0.29, 0.717) is 38.0 Å². The predicted molar refractivity (Wildman–Crippen MR) is 170 cm³/mol. The zero-order valence-corrected chi connectivity index (χ0v) is 24.8. The van der Waals surface area contributed by atoms with Gasteiger partial charge in [-0.25, -0.2) is 0 Å². The summed E-state index contributed by atoms with van der Waals surface area (Å²) in [7, 11) is 1.66. The van der Waals surface area contributed by atoms with Crippen LogP contribution in [0.3, 0.4) is 0 Å². The normalized spacial score (nSPS) is 12.7. The summed E-state index contributed by atoms with van der Waals surface area (Å²) in [5, 5.41) is 8.89. The largest absolute Gasteiger partial charge is 0.491 e. The van der Waals surface area contributed by atoms with Crippen LogP contribution in [0.1, 0.15) is 16.7 Å². The number of fused-ring (bicyclic) bond motifs is 2. The van der Waals surface area contributed by atoms with Gasteiger partial charge in [-0.2, -0.15) is 5.10 Å². The second-order valence-corrected chi connectivity index (χ2v) is 11.3. The minimum Gasteiger partial charge on any atom is -0.491 e. The SMILES string of the molecule is COCCOCCOc1ccc2nccc(Sc3ccc(N4Cc5ccccc5C(c5ccc(Cl)cc5)=N4)cc3)c2c1. The molecule has 0 aliphatic carbocycles. The van der Waals surface area contributed by atoms with E-state index in [2.05, 4.69) is 58.5 Å². The van der Waals surface area contributed by atoms with Gasteiger partial charge in [-0.1, -0.05) is 59.8 Å². The third-order valence-corrected chi connectivity index (χ3v) is 8.23. The first-order chi connectivity index (χ1) is 20.7. The molecule has 0 spiro atoms. The maximum absolute atomic E-state index is 6.16. The monoisotopic (exact) mass is 595 g/mol. The topological polar surface area (TPSA) is 56.2 Å². The highest BCUT2D eigenvalue weighted by Crippen LogP contribution is 2.36. The molecular weight excluding hydrogens is 566 g/mol. The number of hydrogen-bond acceptors (Lipinski definition) is 7. The summed E-state index contributed by atoms with van der Waals surface area (Å²) in [6, 6.07) is 32.9. The van der Waals surface area contributed by atoms with Crippen molar-refractivity contribution in [2.75, 3.05) is 38.5 Å². The number of rotatable bonds is 11. The average molecular weight is 596 g/mol. The third-order valence-electron chi connectivity index (χ3n) is 6.89. The molecule has 2 heterocycles. The van der Waals surface area contributed by atoms with Crippen LogP contribution in [0, 0.1) is 0 Å². The molecular formula is C34H30ClN3O3S. The highest BCUT2D eigenvalue weighted by atomic mass is 35.5. The van der Waals surface area contributed by atoms with Crippen LogP contribution in [0.2, 0.25) is 5.02 Å². The van der Waals surface area contributed by atoms with Gasteiger partial charge in [0.05, 0.1) is 43.3 Å². The fraction of sp³-hybridized carbons (Fsp3) is 0.176. The molecule has 0 amide bonds. The molecule has 0 saturated heterocycles. The van der Waals surface area contributed by atoms with Crippen LogP contribution in [0.5, 0.6) is 5.75 Å². The van der Waals surface area contributed by atoms with E-state index >= 15 is 0 Å². The standard InChI is InChI=1S/C34H30ClN3O3S/c1-39-18-19-40-20-21-41-28-12-15-32-31(22-28)33(16-17-36-32)42-29-13-10-27(11-14-29)38-23-25-4-2-3-5-30(25)34(37-38)24-6-8-26(35)9-7-24/h2-17,22H,18-21,23H2,1H3. The first-order valence-electron chi connectivity index (χ1n) is 13.7. The summed E-state index contributed by atoms with van der Waals surface area (Å²) >= 11 is 7.86. The van der Waals surface area contributed by atoms with Gasteiger partial charge >= 0.3 is 0 Å². The van der Waals surface area contributed by atoms with Gasteiger partial charge in [-0.05, 0) is 66.2 Å². The summed E-state index contributed by atoms with van der Waals surface area (Å²) in [4.78, 5) is 6.79. The summed E-state index contributed by atoms with van der Waals surface area (Å²) in [5.41, 5.74) is 6.32. The van der Waals surface area contributed by atoms with Gasteiger partial charge in [-0.15, -0.1) is 0 Å². The minimum atomic E-state index is 0.475. The Morgan fingerprint density at radius 1 is 0.857 bits per heavy atom. The molecule has 6 nitrogen and oxygen atoms in total. The number of methoxy groups -OCH3 is 1. The molecule has 0 atom stereocenters. The van der Waals surface area contributed by atoms with Gasteiger partial charge < -0.3 is 14.2 Å². The molecule has 0 radical (unpaired) electrons. The first-order valence-corrected chi connectivity index (χ1v) is 14.9. The van der Waals surface area contributed by atoms with Crippen LogP contribution in [0.15, 0.2) is 118 Å². The molecule has 4 aromatic carbocycles. The van der Waals surface area contributed by atoms with E-state index in [-0.39, 0.29) is 0 Å². The van der Waals surface area contributed by atoms with Crippen molar-refractivity contribution in [3.05, 3.63) is 125 Å². The zero-order chi connectivity index (χ0) is 28.7. The van der Waals surface area contributed by atoms with Crippen molar-refractivity contribution < 1.29 is 14.2 Å². The summed E-state index contributed by atoms with van der Waals surface area (Å²) in [6.45, 7) is 2.82. The van der Waals surface area contributed by atoms with E-state index in [4.69, 9.17) is 30.9 Å². The van der Waals surface area contributed by atoms with Crippen molar-refractivity contribution in [1.29, 1.82) is 0 Å². The van der Waals surface area contributed by atoms with Gasteiger partial charge in [-0.3, -0.25) is 9.99 Å². The quantitative estimate of drug-likeness (QED) is 0.145. The Kier molecular flexibility index (Phi) is 9.01. The number of benzene rings is 4. The number of hydrogen-bond donors (Lipinski definition) is 0. The summed E-state index contributed by atoms with van der Waals surface area (Å²) in [6.07, 6.45) is 1.85. The molecule has 1 aliphatic heterocycles. The van der Waals surface area contributed by atoms with Crippen LogP contribution in [-0.4, -0.2) is 44.2 Å². The van der Waals surface area contributed by atoms with Crippen molar-refractivity contribution in [3.63, 3.8) is 0 Å². The Balaban J connectivity index is 1.19. The van der Waals surface area contributed by atoms with E-state index in [1.165, 1.54) is 5.56 Å². The van der Waals surface area contributed by atoms with E-state index in [0.717, 1.165) is 49.0 Å². The highest BCUT2D eigenvalue weighted by Gasteiger charge is 2.21. The molecule has 0 N–H and O–H groups in total. The lowest BCUT2D eigenvalue weighted by Gasteiger charge is -2.28. The predicted octanol–water partition coefficient (Wildman–Crippen LogP) is 7.85. The minimum absolute atomic E-state index is 0.475. The van der Waals surface area contributed by atoms with Gasteiger partial charge in [0.15, 0.2) is 0 Å². The molecule has 0 fully saturated rings. The van der Waals surface area contributed by atoms with Crippen molar-refractivity contribution in [1.82, 2.24) is 4.98 Å². The lowest BCUT2D eigenvalue weighted by atomic mass is 9.96. The van der Waals surface area contributed by atoms with Gasteiger partial charge in [0.25, 0.3) is 0 Å². The van der Waals surface area contributed by atoms with Crippen molar-refractivity contribution in [3.8, 4) is 5.75 Å². The highest BCUT2D eigenvalue weighted by molar-refractivity contribution is 7.99.